The number of para-hydroxylation sites is 1. The topological polar surface area (TPSA) is 144 Å². The summed E-state index contributed by atoms with van der Waals surface area (Å²) in [7, 11) is 0. The average Bonchev–Trinajstić information content (AvgIpc) is 2.66. The summed E-state index contributed by atoms with van der Waals surface area (Å²) in [6.07, 6.45) is 0. The van der Waals surface area contributed by atoms with Crippen LogP contribution in [-0.2, 0) is 0 Å². The van der Waals surface area contributed by atoms with Crippen LogP contribution in [0.25, 0.3) is 0 Å². The van der Waals surface area contributed by atoms with Crippen LogP contribution < -0.4 is 10.6 Å². The monoisotopic (exact) mass is 400 g/mol. The Labute approximate surface area is 166 Å². The van der Waals surface area contributed by atoms with Crippen molar-refractivity contribution in [3.8, 4) is 0 Å². The van der Waals surface area contributed by atoms with Crippen LogP contribution in [0.5, 0.6) is 0 Å². The summed E-state index contributed by atoms with van der Waals surface area (Å²) in [4.78, 5) is 45.8. The second-order valence-electron chi connectivity index (χ2n) is 6.76. The molecule has 0 aliphatic carbocycles. The van der Waals surface area contributed by atoms with Gasteiger partial charge in [0.1, 0.15) is 0 Å². The number of nitro groups is 2. The molecule has 29 heavy (non-hydrogen) atoms. The van der Waals surface area contributed by atoms with Gasteiger partial charge in [-0.05, 0) is 25.0 Å². The van der Waals surface area contributed by atoms with E-state index < -0.39 is 33.0 Å². The Bertz CT molecular complexity index is 987. The van der Waals surface area contributed by atoms with Crippen molar-refractivity contribution in [3.05, 3.63) is 73.3 Å². The summed E-state index contributed by atoms with van der Waals surface area (Å²) in [6.45, 7) is 5.65. The highest BCUT2D eigenvalue weighted by Crippen LogP contribution is 2.29. The molecule has 2 amide bonds. The first kappa shape index (κ1) is 21.5. The molecule has 0 spiro atoms. The van der Waals surface area contributed by atoms with Gasteiger partial charge in [-0.1, -0.05) is 26.0 Å². The van der Waals surface area contributed by atoms with Crippen LogP contribution in [-0.4, -0.2) is 28.2 Å². The Balaban J connectivity index is 2.40. The molecule has 2 rings (SSSR count). The molecule has 0 atom stereocenters. The van der Waals surface area contributed by atoms with Crippen LogP contribution in [0.4, 0.5) is 17.1 Å². The molecule has 0 saturated carbocycles. The van der Waals surface area contributed by atoms with Gasteiger partial charge in [0.15, 0.2) is 0 Å². The van der Waals surface area contributed by atoms with Gasteiger partial charge in [-0.15, -0.1) is 0 Å². The molecule has 0 radical (unpaired) electrons. The van der Waals surface area contributed by atoms with Crippen molar-refractivity contribution < 1.29 is 19.4 Å². The fraction of sp³-hybridized carbons (Fsp3) is 0.263. The number of nitrogens with zero attached hydrogens (tertiary/aromatic N) is 2. The van der Waals surface area contributed by atoms with E-state index in [1.54, 1.807) is 12.1 Å². The molecule has 0 saturated heterocycles. The first-order chi connectivity index (χ1) is 13.6. The van der Waals surface area contributed by atoms with E-state index in [-0.39, 0.29) is 28.3 Å². The van der Waals surface area contributed by atoms with E-state index in [0.29, 0.717) is 6.54 Å². The summed E-state index contributed by atoms with van der Waals surface area (Å²) in [5.74, 6) is -0.955. The van der Waals surface area contributed by atoms with Crippen LogP contribution in [0, 0.1) is 33.1 Å². The van der Waals surface area contributed by atoms with E-state index in [4.69, 9.17) is 0 Å². The zero-order valence-corrected chi connectivity index (χ0v) is 16.1. The van der Waals surface area contributed by atoms with Gasteiger partial charge in [-0.25, -0.2) is 0 Å². The van der Waals surface area contributed by atoms with Crippen LogP contribution in [0.15, 0.2) is 36.4 Å². The molecule has 2 aromatic carbocycles. The maximum Gasteiger partial charge on any atom is 0.279 e. The number of rotatable bonds is 7. The minimum Gasteiger partial charge on any atom is -0.352 e. The molecule has 2 aromatic rings. The molecular formula is C19H20N4O6. The van der Waals surface area contributed by atoms with E-state index >= 15 is 0 Å². The first-order valence-electron chi connectivity index (χ1n) is 8.73. The van der Waals surface area contributed by atoms with E-state index in [0.717, 1.165) is 12.1 Å². The number of anilines is 1. The maximum atomic E-state index is 12.7. The fourth-order valence-electron chi connectivity index (χ4n) is 2.59. The number of carbonyl (C=O) groups is 2. The summed E-state index contributed by atoms with van der Waals surface area (Å²) in [6, 6.07) is 8.04. The van der Waals surface area contributed by atoms with E-state index in [2.05, 4.69) is 10.6 Å². The predicted octanol–water partition coefficient (Wildman–Crippen LogP) is 3.45. The molecule has 0 bridgehead atoms. The van der Waals surface area contributed by atoms with E-state index in [1.165, 1.54) is 19.1 Å². The summed E-state index contributed by atoms with van der Waals surface area (Å²) >= 11 is 0. The van der Waals surface area contributed by atoms with Crippen LogP contribution in [0.3, 0.4) is 0 Å². The Morgan fingerprint density at radius 3 is 2.24 bits per heavy atom. The third-order valence-corrected chi connectivity index (χ3v) is 4.11. The minimum absolute atomic E-state index is 0.0140. The average molecular weight is 400 g/mol. The van der Waals surface area contributed by atoms with Gasteiger partial charge in [-0.2, -0.15) is 0 Å². The Hall–Kier alpha value is -3.82. The van der Waals surface area contributed by atoms with Crippen LogP contribution in [0.1, 0.15) is 40.1 Å². The number of nitrogens with one attached hydrogen (secondary N) is 2. The normalized spacial score (nSPS) is 10.5. The van der Waals surface area contributed by atoms with E-state index in [1.807, 2.05) is 13.8 Å². The third-order valence-electron chi connectivity index (χ3n) is 4.11. The second kappa shape index (κ2) is 8.91. The van der Waals surface area contributed by atoms with Gasteiger partial charge in [0.25, 0.3) is 23.2 Å². The molecule has 0 heterocycles. The molecule has 152 valence electrons. The molecule has 10 nitrogen and oxygen atoms in total. The SMILES string of the molecule is Cc1c(C(=O)Nc2ccccc2C(=O)NCC(C)C)cc([N+](=O)[O-])cc1[N+](=O)[O-]. The minimum atomic E-state index is -0.809. The highest BCUT2D eigenvalue weighted by molar-refractivity contribution is 6.10. The summed E-state index contributed by atoms with van der Waals surface area (Å²) in [5, 5.41) is 27.6. The first-order valence-corrected chi connectivity index (χ1v) is 8.73. The van der Waals surface area contributed by atoms with Crippen LogP contribution in [0.2, 0.25) is 0 Å². The number of carbonyl (C=O) groups excluding carboxylic acids is 2. The number of hydrogen-bond acceptors (Lipinski definition) is 6. The summed E-state index contributed by atoms with van der Waals surface area (Å²) in [5.41, 5.74) is -0.947. The predicted molar refractivity (Wildman–Crippen MR) is 106 cm³/mol. The lowest BCUT2D eigenvalue weighted by molar-refractivity contribution is -0.394. The lowest BCUT2D eigenvalue weighted by atomic mass is 10.0. The Morgan fingerprint density at radius 1 is 1.00 bits per heavy atom. The number of nitro benzene ring substituents is 2. The molecule has 10 heteroatoms. The van der Waals surface area contributed by atoms with Crippen molar-refractivity contribution in [3.63, 3.8) is 0 Å². The van der Waals surface area contributed by atoms with Gasteiger partial charge >= 0.3 is 0 Å². The van der Waals surface area contributed by atoms with Crippen molar-refractivity contribution in [1.29, 1.82) is 0 Å². The van der Waals surface area contributed by atoms with Crippen molar-refractivity contribution in [2.75, 3.05) is 11.9 Å². The van der Waals surface area contributed by atoms with Gasteiger partial charge in [0.05, 0.1) is 32.7 Å². The number of benzene rings is 2. The van der Waals surface area contributed by atoms with Crippen molar-refractivity contribution in [2.24, 2.45) is 5.92 Å². The van der Waals surface area contributed by atoms with Crippen LogP contribution >= 0.6 is 0 Å². The molecule has 0 fully saturated rings. The quantitative estimate of drug-likeness (QED) is 0.538. The maximum absolute atomic E-state index is 12.7. The Kier molecular flexibility index (Phi) is 6.60. The molecule has 0 aromatic heterocycles. The van der Waals surface area contributed by atoms with Gasteiger partial charge < -0.3 is 10.6 Å². The highest BCUT2D eigenvalue weighted by Gasteiger charge is 2.25. The third kappa shape index (κ3) is 5.12. The fourth-order valence-corrected chi connectivity index (χ4v) is 2.59. The highest BCUT2D eigenvalue weighted by atomic mass is 16.6. The lowest BCUT2D eigenvalue weighted by Gasteiger charge is -2.13. The smallest absolute Gasteiger partial charge is 0.279 e. The zero-order chi connectivity index (χ0) is 21.7. The van der Waals surface area contributed by atoms with E-state index in [9.17, 15) is 29.8 Å². The number of amides is 2. The van der Waals surface area contributed by atoms with Gasteiger partial charge in [-0.3, -0.25) is 29.8 Å². The molecule has 2 N–H and O–H groups in total. The molecule has 0 unspecified atom stereocenters. The van der Waals surface area contributed by atoms with Gasteiger partial charge in [0.2, 0.25) is 0 Å². The van der Waals surface area contributed by atoms with Crippen molar-refractivity contribution in [2.45, 2.75) is 20.8 Å². The standard InChI is InChI=1S/C19H20N4O6/c1-11(2)10-20-18(24)14-6-4-5-7-16(14)21-19(25)15-8-13(22(26)27)9-17(12(15)3)23(28)29/h4-9,11H,10H2,1-3H3,(H,20,24)(H,21,25). The molecule has 0 aliphatic heterocycles. The largest absolute Gasteiger partial charge is 0.352 e. The second-order valence-corrected chi connectivity index (χ2v) is 6.76. The molecule has 0 aliphatic rings. The lowest BCUT2D eigenvalue weighted by Crippen LogP contribution is -2.28. The zero-order valence-electron chi connectivity index (χ0n) is 16.1. The number of hydrogen-bond donors (Lipinski definition) is 2. The molecular weight excluding hydrogens is 380 g/mol. The van der Waals surface area contributed by atoms with Gasteiger partial charge in [0, 0.05) is 18.2 Å². The van der Waals surface area contributed by atoms with Crippen molar-refractivity contribution in [1.82, 2.24) is 5.32 Å². The summed E-state index contributed by atoms with van der Waals surface area (Å²) < 4.78 is 0. The Morgan fingerprint density at radius 2 is 1.66 bits per heavy atom. The number of non-ortho nitro benzene ring substituents is 1. The van der Waals surface area contributed by atoms with Crippen molar-refractivity contribution >= 4 is 28.9 Å².